The second-order valence-electron chi connectivity index (χ2n) is 4.79. The van der Waals surface area contributed by atoms with E-state index in [1.807, 2.05) is 6.07 Å². The van der Waals surface area contributed by atoms with Crippen LogP contribution in [0.2, 0.25) is 0 Å². The number of aryl methyl sites for hydroxylation is 1. The number of thiophene rings is 1. The molecule has 20 heavy (non-hydrogen) atoms. The SMILES string of the molecule is CC(CCCNC(=O)CCCc1ccc(Br)s1)C(=O)O. The molecular weight excluding hydrogens is 342 g/mol. The third kappa shape index (κ3) is 7.05. The van der Waals surface area contributed by atoms with Crippen LogP contribution >= 0.6 is 27.3 Å². The Hall–Kier alpha value is -0.880. The maximum absolute atomic E-state index is 11.6. The smallest absolute Gasteiger partial charge is 0.306 e. The summed E-state index contributed by atoms with van der Waals surface area (Å²) in [6.07, 6.45) is 3.57. The molecule has 112 valence electrons. The number of amides is 1. The van der Waals surface area contributed by atoms with Gasteiger partial charge in [0.2, 0.25) is 5.91 Å². The van der Waals surface area contributed by atoms with Gasteiger partial charge in [0.1, 0.15) is 0 Å². The second kappa shape index (κ2) is 9.13. The number of rotatable bonds is 9. The first kappa shape index (κ1) is 17.2. The van der Waals surface area contributed by atoms with Crippen LogP contribution in [0.4, 0.5) is 0 Å². The highest BCUT2D eigenvalue weighted by molar-refractivity contribution is 9.11. The molecule has 0 bridgehead atoms. The van der Waals surface area contributed by atoms with Crippen LogP contribution in [0.15, 0.2) is 15.9 Å². The number of halogens is 1. The molecule has 0 saturated carbocycles. The van der Waals surface area contributed by atoms with Crippen molar-refractivity contribution >= 4 is 39.1 Å². The van der Waals surface area contributed by atoms with Gasteiger partial charge in [0.25, 0.3) is 0 Å². The molecule has 1 rings (SSSR count). The Kier molecular flexibility index (Phi) is 7.84. The molecule has 0 fully saturated rings. The van der Waals surface area contributed by atoms with E-state index in [4.69, 9.17) is 5.11 Å². The van der Waals surface area contributed by atoms with Crippen molar-refractivity contribution in [1.29, 1.82) is 0 Å². The molecule has 0 spiro atoms. The minimum absolute atomic E-state index is 0.0450. The normalized spacial score (nSPS) is 12.1. The summed E-state index contributed by atoms with van der Waals surface area (Å²) in [5.74, 6) is -1.08. The van der Waals surface area contributed by atoms with E-state index in [0.29, 0.717) is 25.8 Å². The number of carboxylic acid groups (broad SMARTS) is 1. The minimum atomic E-state index is -0.779. The van der Waals surface area contributed by atoms with Gasteiger partial charge in [-0.15, -0.1) is 11.3 Å². The maximum atomic E-state index is 11.6. The third-order valence-corrected chi connectivity index (χ3v) is 4.70. The van der Waals surface area contributed by atoms with Crippen molar-refractivity contribution in [3.05, 3.63) is 20.8 Å². The highest BCUT2D eigenvalue weighted by atomic mass is 79.9. The Labute approximate surface area is 131 Å². The first-order valence-electron chi connectivity index (χ1n) is 6.72. The van der Waals surface area contributed by atoms with E-state index >= 15 is 0 Å². The van der Waals surface area contributed by atoms with Crippen molar-refractivity contribution in [3.8, 4) is 0 Å². The Morgan fingerprint density at radius 1 is 1.40 bits per heavy atom. The van der Waals surface area contributed by atoms with Crippen LogP contribution in [0.3, 0.4) is 0 Å². The number of hydrogen-bond donors (Lipinski definition) is 2. The van der Waals surface area contributed by atoms with Gasteiger partial charge in [0.05, 0.1) is 9.70 Å². The zero-order chi connectivity index (χ0) is 15.0. The van der Waals surface area contributed by atoms with Crippen LogP contribution in [-0.4, -0.2) is 23.5 Å². The highest BCUT2D eigenvalue weighted by Gasteiger charge is 2.10. The summed E-state index contributed by atoms with van der Waals surface area (Å²) in [7, 11) is 0. The Morgan fingerprint density at radius 3 is 2.75 bits per heavy atom. The van der Waals surface area contributed by atoms with Crippen LogP contribution in [0.25, 0.3) is 0 Å². The van der Waals surface area contributed by atoms with Gasteiger partial charge in [-0.25, -0.2) is 0 Å². The van der Waals surface area contributed by atoms with Crippen LogP contribution in [-0.2, 0) is 16.0 Å². The van der Waals surface area contributed by atoms with E-state index in [0.717, 1.165) is 16.6 Å². The standard InChI is InChI=1S/C14H20BrNO3S/c1-10(14(18)19)4-3-9-16-13(17)6-2-5-11-7-8-12(15)20-11/h7-8,10H,2-6,9H2,1H3,(H,16,17)(H,18,19). The van der Waals surface area contributed by atoms with Crippen molar-refractivity contribution in [2.45, 2.75) is 39.0 Å². The fourth-order valence-electron chi connectivity index (χ4n) is 1.76. The fourth-order valence-corrected chi connectivity index (χ4v) is 3.28. The molecule has 4 nitrogen and oxygen atoms in total. The maximum Gasteiger partial charge on any atom is 0.306 e. The molecule has 1 aromatic heterocycles. The average Bonchev–Trinajstić information content (AvgIpc) is 2.80. The zero-order valence-electron chi connectivity index (χ0n) is 11.5. The van der Waals surface area contributed by atoms with Crippen molar-refractivity contribution in [2.24, 2.45) is 5.92 Å². The van der Waals surface area contributed by atoms with Crippen molar-refractivity contribution < 1.29 is 14.7 Å². The molecule has 1 amide bonds. The summed E-state index contributed by atoms with van der Waals surface area (Å²) in [6.45, 7) is 2.24. The average molecular weight is 362 g/mol. The summed E-state index contributed by atoms with van der Waals surface area (Å²) in [4.78, 5) is 23.5. The van der Waals surface area contributed by atoms with E-state index in [2.05, 4.69) is 27.3 Å². The molecule has 0 aliphatic rings. The molecule has 0 saturated heterocycles. The summed E-state index contributed by atoms with van der Waals surface area (Å²) in [5, 5.41) is 11.6. The quantitative estimate of drug-likeness (QED) is 0.662. The number of hydrogen-bond acceptors (Lipinski definition) is 3. The summed E-state index contributed by atoms with van der Waals surface area (Å²) >= 11 is 5.11. The number of carbonyl (C=O) groups is 2. The van der Waals surface area contributed by atoms with Gasteiger partial charge in [-0.2, -0.15) is 0 Å². The minimum Gasteiger partial charge on any atom is -0.481 e. The lowest BCUT2D eigenvalue weighted by Gasteiger charge is -2.07. The van der Waals surface area contributed by atoms with Gasteiger partial charge in [-0.1, -0.05) is 6.92 Å². The molecule has 1 heterocycles. The number of aliphatic carboxylic acids is 1. The lowest BCUT2D eigenvalue weighted by atomic mass is 10.1. The molecule has 0 aliphatic heterocycles. The molecule has 2 N–H and O–H groups in total. The molecule has 1 aromatic rings. The Balaban J connectivity index is 2.04. The zero-order valence-corrected chi connectivity index (χ0v) is 13.9. The van der Waals surface area contributed by atoms with Crippen molar-refractivity contribution in [1.82, 2.24) is 5.32 Å². The number of carbonyl (C=O) groups excluding carboxylic acids is 1. The molecule has 0 aromatic carbocycles. The monoisotopic (exact) mass is 361 g/mol. The topological polar surface area (TPSA) is 66.4 Å². The van der Waals surface area contributed by atoms with E-state index in [1.165, 1.54) is 4.88 Å². The predicted molar refractivity (Wildman–Crippen MR) is 84.0 cm³/mol. The number of carboxylic acids is 1. The molecule has 0 radical (unpaired) electrons. The van der Waals surface area contributed by atoms with Gasteiger partial charge in [0, 0.05) is 17.8 Å². The van der Waals surface area contributed by atoms with Gasteiger partial charge in [-0.3, -0.25) is 9.59 Å². The summed E-state index contributed by atoms with van der Waals surface area (Å²) in [5.41, 5.74) is 0. The fraction of sp³-hybridized carbons (Fsp3) is 0.571. The summed E-state index contributed by atoms with van der Waals surface area (Å²) < 4.78 is 1.12. The molecular formula is C14H20BrNO3S. The summed E-state index contributed by atoms with van der Waals surface area (Å²) in [6, 6.07) is 4.09. The first-order valence-corrected chi connectivity index (χ1v) is 8.33. The molecule has 0 aliphatic carbocycles. The van der Waals surface area contributed by atoms with Crippen molar-refractivity contribution in [3.63, 3.8) is 0 Å². The molecule has 1 unspecified atom stereocenters. The van der Waals surface area contributed by atoms with Gasteiger partial charge in [-0.05, 0) is 53.7 Å². The number of nitrogens with one attached hydrogen (secondary N) is 1. The molecule has 1 atom stereocenters. The largest absolute Gasteiger partial charge is 0.481 e. The first-order chi connectivity index (χ1) is 9.49. The Morgan fingerprint density at radius 2 is 2.15 bits per heavy atom. The second-order valence-corrected chi connectivity index (χ2v) is 7.34. The van der Waals surface area contributed by atoms with Crippen LogP contribution < -0.4 is 5.32 Å². The van der Waals surface area contributed by atoms with E-state index in [1.54, 1.807) is 18.3 Å². The van der Waals surface area contributed by atoms with Gasteiger partial charge < -0.3 is 10.4 Å². The highest BCUT2D eigenvalue weighted by Crippen LogP contribution is 2.23. The lowest BCUT2D eigenvalue weighted by molar-refractivity contribution is -0.141. The molecule has 6 heteroatoms. The van der Waals surface area contributed by atoms with Gasteiger partial charge >= 0.3 is 5.97 Å². The van der Waals surface area contributed by atoms with Crippen molar-refractivity contribution in [2.75, 3.05) is 6.54 Å². The van der Waals surface area contributed by atoms with Crippen LogP contribution in [0.1, 0.15) is 37.5 Å². The lowest BCUT2D eigenvalue weighted by Crippen LogP contribution is -2.25. The third-order valence-electron chi connectivity index (χ3n) is 3.01. The van der Waals surface area contributed by atoms with E-state index < -0.39 is 5.97 Å². The predicted octanol–water partition coefficient (Wildman–Crippen LogP) is 3.45. The Bertz CT molecular complexity index is 447. The van der Waals surface area contributed by atoms with Gasteiger partial charge in [0.15, 0.2) is 0 Å². The van der Waals surface area contributed by atoms with E-state index in [9.17, 15) is 9.59 Å². The van der Waals surface area contributed by atoms with Crippen LogP contribution in [0, 0.1) is 5.92 Å². The van der Waals surface area contributed by atoms with Crippen LogP contribution in [0.5, 0.6) is 0 Å². The van der Waals surface area contributed by atoms with E-state index in [-0.39, 0.29) is 11.8 Å².